The number of amides is 1. The van der Waals surface area contributed by atoms with Gasteiger partial charge in [-0.2, -0.15) is 0 Å². The number of hydrogen-bond donors (Lipinski definition) is 2. The van der Waals surface area contributed by atoms with Gasteiger partial charge in [-0.25, -0.2) is 13.1 Å². The average molecular weight is 278 g/mol. The summed E-state index contributed by atoms with van der Waals surface area (Å²) in [5.41, 5.74) is 0. The summed E-state index contributed by atoms with van der Waals surface area (Å²) in [7, 11) is -3.28. The van der Waals surface area contributed by atoms with E-state index in [9.17, 15) is 13.2 Å². The van der Waals surface area contributed by atoms with Gasteiger partial charge in [-0.1, -0.05) is 12.8 Å². The highest BCUT2D eigenvalue weighted by molar-refractivity contribution is 7.89. The second-order valence-electron chi connectivity index (χ2n) is 4.38. The van der Waals surface area contributed by atoms with E-state index in [1.54, 1.807) is 0 Å². The monoisotopic (exact) mass is 278 g/mol. The summed E-state index contributed by atoms with van der Waals surface area (Å²) < 4.78 is 29.5. The van der Waals surface area contributed by atoms with Crippen molar-refractivity contribution in [2.45, 2.75) is 38.7 Å². The smallest absolute Gasteiger partial charge is 0.235 e. The van der Waals surface area contributed by atoms with E-state index in [1.807, 2.05) is 0 Å². The van der Waals surface area contributed by atoms with Gasteiger partial charge >= 0.3 is 0 Å². The molecule has 0 aromatic carbocycles. The maximum absolute atomic E-state index is 11.3. The number of sulfonamides is 1. The Kier molecular flexibility index (Phi) is 6.59. The summed E-state index contributed by atoms with van der Waals surface area (Å²) in [6.07, 6.45) is 4.66. The summed E-state index contributed by atoms with van der Waals surface area (Å²) >= 11 is 0. The Hall–Kier alpha value is -0.660. The molecular formula is C11H22N2O4S. The molecule has 1 fully saturated rings. The Morgan fingerprint density at radius 1 is 1.33 bits per heavy atom. The lowest BCUT2D eigenvalue weighted by atomic mass is 10.1. The van der Waals surface area contributed by atoms with Gasteiger partial charge in [0.1, 0.15) is 0 Å². The molecule has 6 nitrogen and oxygen atoms in total. The second kappa shape index (κ2) is 7.70. The second-order valence-corrected chi connectivity index (χ2v) is 6.47. The minimum absolute atomic E-state index is 0.0104. The number of rotatable bonds is 10. The van der Waals surface area contributed by atoms with Crippen LogP contribution in [0.25, 0.3) is 0 Å². The van der Waals surface area contributed by atoms with Crippen LogP contribution in [0.2, 0.25) is 0 Å². The first-order valence-electron chi connectivity index (χ1n) is 6.39. The first-order chi connectivity index (χ1) is 8.53. The van der Waals surface area contributed by atoms with Crippen LogP contribution in [0.15, 0.2) is 0 Å². The topological polar surface area (TPSA) is 87.8 Å². The zero-order valence-corrected chi connectivity index (χ0v) is 11.6. The Balaban J connectivity index is 1.92. The predicted octanol–water partition coefficient (Wildman–Crippen LogP) is 0.00110. The molecule has 1 atom stereocenters. The zero-order valence-electron chi connectivity index (χ0n) is 10.8. The molecule has 1 aliphatic heterocycles. The summed E-state index contributed by atoms with van der Waals surface area (Å²) in [6.45, 7) is 2.85. The first kappa shape index (κ1) is 15.4. The van der Waals surface area contributed by atoms with E-state index < -0.39 is 10.0 Å². The lowest BCUT2D eigenvalue weighted by molar-refractivity contribution is -0.119. The Morgan fingerprint density at radius 2 is 2.06 bits per heavy atom. The van der Waals surface area contributed by atoms with Gasteiger partial charge in [0.05, 0.1) is 25.0 Å². The number of unbranched alkanes of at least 4 members (excludes halogenated alkanes) is 2. The van der Waals surface area contributed by atoms with Gasteiger partial charge in [0.2, 0.25) is 15.9 Å². The third-order valence-electron chi connectivity index (χ3n) is 2.76. The highest BCUT2D eigenvalue weighted by Crippen LogP contribution is 2.16. The van der Waals surface area contributed by atoms with Crippen LogP contribution in [-0.4, -0.2) is 45.9 Å². The maximum atomic E-state index is 11.3. The molecule has 18 heavy (non-hydrogen) atoms. The summed E-state index contributed by atoms with van der Waals surface area (Å²) in [4.78, 5) is 11.3. The molecule has 7 heteroatoms. The van der Waals surface area contributed by atoms with Crippen molar-refractivity contribution in [1.29, 1.82) is 0 Å². The van der Waals surface area contributed by atoms with Crippen LogP contribution < -0.4 is 10.0 Å². The molecule has 1 amide bonds. The normalized spacial score (nSPS) is 18.6. The Bertz CT molecular complexity index is 352. The van der Waals surface area contributed by atoms with Crippen molar-refractivity contribution in [1.82, 2.24) is 10.0 Å². The van der Waals surface area contributed by atoms with Gasteiger partial charge in [0, 0.05) is 6.54 Å². The Labute approximate surface area is 109 Å². The summed E-state index contributed by atoms with van der Waals surface area (Å²) in [5.74, 6) is -0.290. The third-order valence-corrected chi connectivity index (χ3v) is 4.10. The molecule has 1 heterocycles. The van der Waals surface area contributed by atoms with Crippen molar-refractivity contribution in [3.8, 4) is 0 Å². The van der Waals surface area contributed by atoms with Crippen molar-refractivity contribution < 1.29 is 17.9 Å². The maximum Gasteiger partial charge on any atom is 0.235 e. The highest BCUT2D eigenvalue weighted by atomic mass is 32.2. The van der Waals surface area contributed by atoms with Gasteiger partial charge in [0.25, 0.3) is 0 Å². The van der Waals surface area contributed by atoms with E-state index in [4.69, 9.17) is 4.74 Å². The fourth-order valence-electron chi connectivity index (χ4n) is 1.48. The molecule has 2 N–H and O–H groups in total. The number of carbonyl (C=O) groups is 1. The zero-order chi connectivity index (χ0) is 13.4. The van der Waals surface area contributed by atoms with E-state index in [0.717, 1.165) is 32.3 Å². The molecule has 0 aromatic rings. The van der Waals surface area contributed by atoms with E-state index in [1.165, 1.54) is 6.92 Å². The fraction of sp³-hybridized carbons (Fsp3) is 0.909. The molecule has 0 radical (unpaired) electrons. The van der Waals surface area contributed by atoms with E-state index in [-0.39, 0.29) is 18.2 Å². The predicted molar refractivity (Wildman–Crippen MR) is 68.7 cm³/mol. The van der Waals surface area contributed by atoms with Crippen LogP contribution in [0, 0.1) is 0 Å². The lowest BCUT2D eigenvalue weighted by Gasteiger charge is -2.06. The van der Waals surface area contributed by atoms with Crippen LogP contribution in [-0.2, 0) is 19.6 Å². The van der Waals surface area contributed by atoms with Gasteiger partial charge in [-0.3, -0.25) is 4.79 Å². The van der Waals surface area contributed by atoms with E-state index in [0.29, 0.717) is 12.6 Å². The van der Waals surface area contributed by atoms with Crippen molar-refractivity contribution in [3.63, 3.8) is 0 Å². The lowest BCUT2D eigenvalue weighted by Crippen LogP contribution is -2.37. The highest BCUT2D eigenvalue weighted by Gasteiger charge is 2.20. The summed E-state index contributed by atoms with van der Waals surface area (Å²) in [5, 5.41) is 2.69. The van der Waals surface area contributed by atoms with E-state index in [2.05, 4.69) is 10.0 Å². The quantitative estimate of drug-likeness (QED) is 0.435. The molecule has 0 bridgehead atoms. The third kappa shape index (κ3) is 7.62. The molecule has 1 rings (SSSR count). The molecule has 0 spiro atoms. The summed E-state index contributed by atoms with van der Waals surface area (Å²) in [6, 6.07) is 0. The van der Waals surface area contributed by atoms with Crippen molar-refractivity contribution in [2.24, 2.45) is 0 Å². The van der Waals surface area contributed by atoms with Gasteiger partial charge in [0.15, 0.2) is 0 Å². The SMILES string of the molecule is CCS(=O)(=O)NCC(=O)NCCCCCC1CO1. The van der Waals surface area contributed by atoms with Gasteiger partial charge in [-0.05, 0) is 19.8 Å². The van der Waals surface area contributed by atoms with Crippen molar-refractivity contribution in [3.05, 3.63) is 0 Å². The minimum atomic E-state index is -3.28. The first-order valence-corrected chi connectivity index (χ1v) is 8.04. The average Bonchev–Trinajstić information content (AvgIpc) is 3.15. The van der Waals surface area contributed by atoms with Crippen molar-refractivity contribution in [2.75, 3.05) is 25.4 Å². The number of nitrogens with one attached hydrogen (secondary N) is 2. The van der Waals surface area contributed by atoms with Gasteiger partial charge < -0.3 is 10.1 Å². The Morgan fingerprint density at radius 3 is 2.67 bits per heavy atom. The molecule has 1 unspecified atom stereocenters. The largest absolute Gasteiger partial charge is 0.373 e. The number of hydrogen-bond acceptors (Lipinski definition) is 4. The molecule has 0 aromatic heterocycles. The van der Waals surface area contributed by atoms with Crippen LogP contribution >= 0.6 is 0 Å². The number of carbonyl (C=O) groups excluding carboxylic acids is 1. The molecule has 0 saturated carbocycles. The molecule has 106 valence electrons. The van der Waals surface area contributed by atoms with Crippen LogP contribution in [0.1, 0.15) is 32.6 Å². The number of ether oxygens (including phenoxy) is 1. The van der Waals surface area contributed by atoms with Gasteiger partial charge in [-0.15, -0.1) is 0 Å². The molecule has 1 aliphatic rings. The molecule has 1 saturated heterocycles. The minimum Gasteiger partial charge on any atom is -0.373 e. The van der Waals surface area contributed by atoms with Crippen LogP contribution in [0.5, 0.6) is 0 Å². The van der Waals surface area contributed by atoms with Crippen LogP contribution in [0.3, 0.4) is 0 Å². The number of epoxide rings is 1. The standard InChI is InChI=1S/C11H22N2O4S/c1-2-18(15,16)13-8-11(14)12-7-5-3-4-6-10-9-17-10/h10,13H,2-9H2,1H3,(H,12,14). The van der Waals surface area contributed by atoms with E-state index >= 15 is 0 Å². The fourth-order valence-corrected chi connectivity index (χ4v) is 2.03. The molecular weight excluding hydrogens is 256 g/mol. The van der Waals surface area contributed by atoms with Crippen LogP contribution in [0.4, 0.5) is 0 Å². The van der Waals surface area contributed by atoms with Crippen molar-refractivity contribution >= 4 is 15.9 Å². The molecule has 0 aliphatic carbocycles.